The molecular formula is C19H35N5S. The lowest BCUT2D eigenvalue weighted by Gasteiger charge is -2.33. The molecule has 2 N–H and O–H groups in total. The number of anilines is 1. The Morgan fingerprint density at radius 2 is 2.04 bits per heavy atom. The van der Waals surface area contributed by atoms with Crippen molar-refractivity contribution in [1.29, 1.82) is 0 Å². The van der Waals surface area contributed by atoms with Gasteiger partial charge in [-0.15, -0.1) is 11.3 Å². The van der Waals surface area contributed by atoms with Gasteiger partial charge in [-0.2, -0.15) is 0 Å². The number of hydrogen-bond donors (Lipinski definition) is 2. The molecule has 142 valence electrons. The molecule has 1 fully saturated rings. The third kappa shape index (κ3) is 6.86. The number of rotatable bonds is 9. The van der Waals surface area contributed by atoms with E-state index in [1.54, 1.807) is 0 Å². The van der Waals surface area contributed by atoms with Crippen molar-refractivity contribution >= 4 is 22.3 Å². The molecular weight excluding hydrogens is 330 g/mol. The van der Waals surface area contributed by atoms with E-state index in [1.807, 2.05) is 18.4 Å². The standard InChI is InChI=1S/C19H35N5S/c1-4-23(5-2)13-7-6-12-21-19(20-3)22-17-10-14-24(15-11-17)18-9-8-16-25-18/h8-9,16-17H,4-7,10-15H2,1-3H3,(H2,20,21,22). The summed E-state index contributed by atoms with van der Waals surface area (Å²) in [6.45, 7) is 11.2. The fraction of sp³-hybridized carbons (Fsp3) is 0.737. The average Bonchev–Trinajstić information content (AvgIpc) is 3.19. The van der Waals surface area contributed by atoms with Crippen molar-refractivity contribution in [2.24, 2.45) is 4.99 Å². The van der Waals surface area contributed by atoms with Gasteiger partial charge in [-0.25, -0.2) is 0 Å². The lowest BCUT2D eigenvalue weighted by molar-refractivity contribution is 0.297. The second-order valence-electron chi connectivity index (χ2n) is 6.59. The van der Waals surface area contributed by atoms with Crippen molar-refractivity contribution in [3.05, 3.63) is 17.5 Å². The molecule has 0 spiro atoms. The molecule has 6 heteroatoms. The molecule has 25 heavy (non-hydrogen) atoms. The van der Waals surface area contributed by atoms with Gasteiger partial charge in [0, 0.05) is 32.7 Å². The van der Waals surface area contributed by atoms with Crippen molar-refractivity contribution in [1.82, 2.24) is 15.5 Å². The monoisotopic (exact) mass is 365 g/mol. The number of guanidine groups is 1. The first-order valence-corrected chi connectivity index (χ1v) is 10.6. The van der Waals surface area contributed by atoms with E-state index in [2.05, 4.69) is 56.8 Å². The molecule has 1 aromatic rings. The molecule has 0 atom stereocenters. The molecule has 1 aliphatic heterocycles. The van der Waals surface area contributed by atoms with E-state index in [9.17, 15) is 0 Å². The predicted molar refractivity (Wildman–Crippen MR) is 111 cm³/mol. The third-order valence-corrected chi connectivity index (χ3v) is 5.89. The summed E-state index contributed by atoms with van der Waals surface area (Å²) in [7, 11) is 1.87. The molecule has 1 saturated heterocycles. The van der Waals surface area contributed by atoms with Crippen LogP contribution >= 0.6 is 11.3 Å². The Balaban J connectivity index is 1.61. The molecule has 2 rings (SSSR count). The SMILES string of the molecule is CCN(CC)CCCCNC(=NC)NC1CCN(c2cccs2)CC1. The highest BCUT2D eigenvalue weighted by Crippen LogP contribution is 2.24. The topological polar surface area (TPSA) is 42.9 Å². The highest BCUT2D eigenvalue weighted by Gasteiger charge is 2.20. The van der Waals surface area contributed by atoms with Gasteiger partial charge < -0.3 is 20.4 Å². The van der Waals surface area contributed by atoms with Crippen LogP contribution < -0.4 is 15.5 Å². The van der Waals surface area contributed by atoms with Crippen LogP contribution in [0.25, 0.3) is 0 Å². The van der Waals surface area contributed by atoms with E-state index < -0.39 is 0 Å². The van der Waals surface area contributed by atoms with Gasteiger partial charge in [0.05, 0.1) is 5.00 Å². The molecule has 0 bridgehead atoms. The van der Waals surface area contributed by atoms with Crippen LogP contribution in [0, 0.1) is 0 Å². The number of aliphatic imine (C=N–C) groups is 1. The van der Waals surface area contributed by atoms with Gasteiger partial charge >= 0.3 is 0 Å². The number of piperidine rings is 1. The van der Waals surface area contributed by atoms with Crippen LogP contribution in [-0.2, 0) is 0 Å². The molecule has 0 aromatic carbocycles. The molecule has 0 amide bonds. The number of nitrogens with one attached hydrogen (secondary N) is 2. The molecule has 5 nitrogen and oxygen atoms in total. The summed E-state index contributed by atoms with van der Waals surface area (Å²) in [5.74, 6) is 0.956. The Labute approximate surface area is 157 Å². The molecule has 0 unspecified atom stereocenters. The lowest BCUT2D eigenvalue weighted by Crippen LogP contribution is -2.48. The highest BCUT2D eigenvalue weighted by atomic mass is 32.1. The van der Waals surface area contributed by atoms with E-state index in [0.29, 0.717) is 6.04 Å². The number of unbranched alkanes of at least 4 members (excludes halogenated alkanes) is 1. The van der Waals surface area contributed by atoms with Crippen LogP contribution in [0.2, 0.25) is 0 Å². The van der Waals surface area contributed by atoms with Crippen LogP contribution in [0.15, 0.2) is 22.5 Å². The van der Waals surface area contributed by atoms with Crippen LogP contribution in [0.5, 0.6) is 0 Å². The number of nitrogens with zero attached hydrogens (tertiary/aromatic N) is 3. The fourth-order valence-electron chi connectivity index (χ4n) is 3.29. The summed E-state index contributed by atoms with van der Waals surface area (Å²) in [5, 5.41) is 10.6. The van der Waals surface area contributed by atoms with Crippen LogP contribution in [0.3, 0.4) is 0 Å². The lowest BCUT2D eigenvalue weighted by atomic mass is 10.1. The zero-order valence-electron chi connectivity index (χ0n) is 16.1. The number of hydrogen-bond acceptors (Lipinski definition) is 4. The van der Waals surface area contributed by atoms with Crippen molar-refractivity contribution in [2.45, 2.75) is 45.6 Å². The first-order chi connectivity index (χ1) is 12.3. The second-order valence-corrected chi connectivity index (χ2v) is 7.52. The molecule has 0 saturated carbocycles. The largest absolute Gasteiger partial charge is 0.363 e. The van der Waals surface area contributed by atoms with Gasteiger partial charge in [0.2, 0.25) is 0 Å². The van der Waals surface area contributed by atoms with Crippen molar-refractivity contribution in [2.75, 3.05) is 51.2 Å². The molecule has 0 radical (unpaired) electrons. The molecule has 2 heterocycles. The van der Waals surface area contributed by atoms with Crippen LogP contribution in [-0.4, -0.2) is 63.2 Å². The Morgan fingerprint density at radius 3 is 2.64 bits per heavy atom. The minimum Gasteiger partial charge on any atom is -0.363 e. The van der Waals surface area contributed by atoms with Gasteiger partial charge in [0.15, 0.2) is 5.96 Å². The van der Waals surface area contributed by atoms with Gasteiger partial charge in [0.25, 0.3) is 0 Å². The Bertz CT molecular complexity index is 476. The van der Waals surface area contributed by atoms with Crippen LogP contribution in [0.1, 0.15) is 39.5 Å². The Kier molecular flexibility index (Phi) is 9.11. The zero-order valence-corrected chi connectivity index (χ0v) is 16.9. The summed E-state index contributed by atoms with van der Waals surface area (Å²) in [6, 6.07) is 4.88. The second kappa shape index (κ2) is 11.4. The van der Waals surface area contributed by atoms with Gasteiger partial charge in [-0.05, 0) is 62.8 Å². The Morgan fingerprint density at radius 1 is 1.28 bits per heavy atom. The molecule has 1 aromatic heterocycles. The quantitative estimate of drug-likeness (QED) is 0.401. The highest BCUT2D eigenvalue weighted by molar-refractivity contribution is 7.14. The van der Waals surface area contributed by atoms with Crippen molar-refractivity contribution in [3.63, 3.8) is 0 Å². The van der Waals surface area contributed by atoms with Gasteiger partial charge in [0.1, 0.15) is 0 Å². The van der Waals surface area contributed by atoms with E-state index >= 15 is 0 Å². The van der Waals surface area contributed by atoms with Gasteiger partial charge in [-0.3, -0.25) is 4.99 Å². The predicted octanol–water partition coefficient (Wildman–Crippen LogP) is 3.00. The first kappa shape index (κ1) is 20.0. The zero-order chi connectivity index (χ0) is 17.9. The van der Waals surface area contributed by atoms with Gasteiger partial charge in [-0.1, -0.05) is 13.8 Å². The first-order valence-electron chi connectivity index (χ1n) is 9.74. The van der Waals surface area contributed by atoms with E-state index in [-0.39, 0.29) is 0 Å². The Hall–Kier alpha value is -1.27. The van der Waals surface area contributed by atoms with Crippen molar-refractivity contribution < 1.29 is 0 Å². The smallest absolute Gasteiger partial charge is 0.191 e. The van der Waals surface area contributed by atoms with E-state index in [4.69, 9.17) is 0 Å². The molecule has 1 aliphatic rings. The van der Waals surface area contributed by atoms with Crippen LogP contribution in [0.4, 0.5) is 5.00 Å². The molecule has 0 aliphatic carbocycles. The fourth-order valence-corrected chi connectivity index (χ4v) is 4.07. The maximum absolute atomic E-state index is 4.39. The van der Waals surface area contributed by atoms with E-state index in [1.165, 1.54) is 37.2 Å². The average molecular weight is 366 g/mol. The summed E-state index contributed by atoms with van der Waals surface area (Å²) in [5.41, 5.74) is 0. The summed E-state index contributed by atoms with van der Waals surface area (Å²) >= 11 is 1.84. The minimum atomic E-state index is 0.526. The summed E-state index contributed by atoms with van der Waals surface area (Å²) < 4.78 is 0. The summed E-state index contributed by atoms with van der Waals surface area (Å²) in [4.78, 5) is 9.36. The summed E-state index contributed by atoms with van der Waals surface area (Å²) in [6.07, 6.45) is 4.76. The maximum atomic E-state index is 4.39. The van der Waals surface area contributed by atoms with Crippen molar-refractivity contribution in [3.8, 4) is 0 Å². The normalized spacial score (nSPS) is 16.5. The maximum Gasteiger partial charge on any atom is 0.191 e. The van der Waals surface area contributed by atoms with E-state index in [0.717, 1.165) is 38.7 Å². The minimum absolute atomic E-state index is 0.526. The number of thiophene rings is 1. The third-order valence-electron chi connectivity index (χ3n) is 4.97.